The first-order valence-electron chi connectivity index (χ1n) is 6.20. The molecule has 0 amide bonds. The highest BCUT2D eigenvalue weighted by atomic mass is 32.2. The Morgan fingerprint density at radius 1 is 1.41 bits per heavy atom. The van der Waals surface area contributed by atoms with Gasteiger partial charge >= 0.3 is 0 Å². The second kappa shape index (κ2) is 5.83. The fourth-order valence-electron chi connectivity index (χ4n) is 2.01. The molecule has 0 aromatic carbocycles. The van der Waals surface area contributed by atoms with E-state index in [1.807, 2.05) is 13.8 Å². The minimum absolute atomic E-state index is 0.143. The van der Waals surface area contributed by atoms with Gasteiger partial charge in [-0.1, -0.05) is 6.42 Å². The van der Waals surface area contributed by atoms with Crippen LogP contribution in [0.3, 0.4) is 0 Å². The number of hydrogen-bond acceptors (Lipinski definition) is 4. The number of hydrogen-bond donors (Lipinski definition) is 1. The third-order valence-corrected chi connectivity index (χ3v) is 4.96. The smallest absolute Gasteiger partial charge is 0.151 e. The van der Waals surface area contributed by atoms with E-state index in [0.717, 1.165) is 32.2 Å². The van der Waals surface area contributed by atoms with Crippen LogP contribution >= 0.6 is 0 Å². The standard InChI is InChI=1S/C12H22N2O2S/c1-12(2,10-13)6-3-4-7-14-11-5-8-17(15,16)9-11/h11,14H,3-9H2,1-2H3. The van der Waals surface area contributed by atoms with Crippen LogP contribution in [0.5, 0.6) is 0 Å². The predicted octanol–water partition coefficient (Wildman–Crippen LogP) is 1.48. The molecule has 0 saturated carbocycles. The highest BCUT2D eigenvalue weighted by Crippen LogP contribution is 2.21. The van der Waals surface area contributed by atoms with Crippen molar-refractivity contribution < 1.29 is 8.42 Å². The van der Waals surface area contributed by atoms with Gasteiger partial charge in [0.1, 0.15) is 0 Å². The molecule has 1 aliphatic rings. The monoisotopic (exact) mass is 258 g/mol. The van der Waals surface area contributed by atoms with E-state index in [0.29, 0.717) is 5.75 Å². The molecule has 98 valence electrons. The van der Waals surface area contributed by atoms with Gasteiger partial charge in [0.15, 0.2) is 9.84 Å². The zero-order valence-electron chi connectivity index (χ0n) is 10.7. The first kappa shape index (κ1) is 14.5. The summed E-state index contributed by atoms with van der Waals surface area (Å²) in [4.78, 5) is 0. The van der Waals surface area contributed by atoms with Crippen molar-refractivity contribution in [3.8, 4) is 6.07 Å². The van der Waals surface area contributed by atoms with Crippen molar-refractivity contribution in [1.82, 2.24) is 5.32 Å². The Labute approximate surface area is 104 Å². The van der Waals surface area contributed by atoms with Gasteiger partial charge in [0.2, 0.25) is 0 Å². The molecule has 1 atom stereocenters. The highest BCUT2D eigenvalue weighted by molar-refractivity contribution is 7.91. The number of nitrogens with zero attached hydrogens (tertiary/aromatic N) is 1. The van der Waals surface area contributed by atoms with Gasteiger partial charge in [-0.05, 0) is 39.7 Å². The molecule has 0 bridgehead atoms. The van der Waals surface area contributed by atoms with E-state index in [2.05, 4.69) is 11.4 Å². The average molecular weight is 258 g/mol. The average Bonchev–Trinajstić information content (AvgIpc) is 2.58. The zero-order chi connectivity index (χ0) is 12.9. The number of nitriles is 1. The van der Waals surface area contributed by atoms with Crippen LogP contribution in [0.25, 0.3) is 0 Å². The van der Waals surface area contributed by atoms with E-state index >= 15 is 0 Å². The van der Waals surface area contributed by atoms with Crippen LogP contribution in [-0.4, -0.2) is 32.5 Å². The number of sulfone groups is 1. The normalized spacial score (nSPS) is 23.5. The Morgan fingerprint density at radius 2 is 2.12 bits per heavy atom. The van der Waals surface area contributed by atoms with Gasteiger partial charge in [-0.15, -0.1) is 0 Å². The van der Waals surface area contributed by atoms with E-state index in [9.17, 15) is 8.42 Å². The molecule has 1 rings (SSSR count). The van der Waals surface area contributed by atoms with E-state index in [-0.39, 0.29) is 17.2 Å². The molecule has 17 heavy (non-hydrogen) atoms. The van der Waals surface area contributed by atoms with Gasteiger partial charge in [-0.3, -0.25) is 0 Å². The van der Waals surface area contributed by atoms with Crippen molar-refractivity contribution in [2.45, 2.75) is 45.6 Å². The lowest BCUT2D eigenvalue weighted by Crippen LogP contribution is -2.30. The molecular formula is C12H22N2O2S. The molecule has 0 aromatic heterocycles. The van der Waals surface area contributed by atoms with Crippen molar-refractivity contribution in [2.75, 3.05) is 18.1 Å². The van der Waals surface area contributed by atoms with Crippen molar-refractivity contribution in [2.24, 2.45) is 5.41 Å². The molecule has 1 heterocycles. The first-order chi connectivity index (χ1) is 7.85. The maximum absolute atomic E-state index is 11.2. The van der Waals surface area contributed by atoms with Gasteiger partial charge in [0.25, 0.3) is 0 Å². The lowest BCUT2D eigenvalue weighted by molar-refractivity contribution is 0.417. The van der Waals surface area contributed by atoms with Crippen molar-refractivity contribution in [3.05, 3.63) is 0 Å². The van der Waals surface area contributed by atoms with Crippen LogP contribution in [-0.2, 0) is 9.84 Å². The Hall–Kier alpha value is -0.600. The Balaban J connectivity index is 2.08. The van der Waals surface area contributed by atoms with E-state index < -0.39 is 9.84 Å². The summed E-state index contributed by atoms with van der Waals surface area (Å²) >= 11 is 0. The number of nitrogens with one attached hydrogen (secondary N) is 1. The molecule has 0 spiro atoms. The summed E-state index contributed by atoms with van der Waals surface area (Å²) in [5.74, 6) is 0.614. The summed E-state index contributed by atoms with van der Waals surface area (Å²) in [6.07, 6.45) is 3.65. The predicted molar refractivity (Wildman–Crippen MR) is 68.3 cm³/mol. The maximum Gasteiger partial charge on any atom is 0.151 e. The topological polar surface area (TPSA) is 70.0 Å². The molecule has 1 aliphatic heterocycles. The summed E-state index contributed by atoms with van der Waals surface area (Å²) in [7, 11) is -2.77. The van der Waals surface area contributed by atoms with E-state index in [1.165, 1.54) is 0 Å². The quantitative estimate of drug-likeness (QED) is 0.733. The van der Waals surface area contributed by atoms with Crippen LogP contribution in [0.4, 0.5) is 0 Å². The van der Waals surface area contributed by atoms with Crippen molar-refractivity contribution >= 4 is 9.84 Å². The lowest BCUT2D eigenvalue weighted by atomic mass is 9.89. The van der Waals surface area contributed by atoms with Crippen molar-refractivity contribution in [3.63, 3.8) is 0 Å². The second-order valence-electron chi connectivity index (χ2n) is 5.51. The van der Waals surface area contributed by atoms with Crippen LogP contribution in [0.2, 0.25) is 0 Å². The van der Waals surface area contributed by atoms with Gasteiger partial charge in [-0.25, -0.2) is 8.42 Å². The molecule has 0 aromatic rings. The SMILES string of the molecule is CC(C)(C#N)CCCCNC1CCS(=O)(=O)C1. The summed E-state index contributed by atoms with van der Waals surface area (Å²) < 4.78 is 22.4. The lowest BCUT2D eigenvalue weighted by Gasteiger charge is -2.15. The van der Waals surface area contributed by atoms with Crippen LogP contribution < -0.4 is 5.32 Å². The van der Waals surface area contributed by atoms with Crippen LogP contribution in [0.1, 0.15) is 39.5 Å². The fraction of sp³-hybridized carbons (Fsp3) is 0.917. The summed E-state index contributed by atoms with van der Waals surface area (Å²) in [5.41, 5.74) is -0.239. The highest BCUT2D eigenvalue weighted by Gasteiger charge is 2.27. The molecule has 1 N–H and O–H groups in total. The van der Waals surface area contributed by atoms with Gasteiger partial charge < -0.3 is 5.32 Å². The molecule has 1 saturated heterocycles. The minimum Gasteiger partial charge on any atom is -0.313 e. The minimum atomic E-state index is -2.77. The van der Waals surface area contributed by atoms with Crippen LogP contribution in [0, 0.1) is 16.7 Å². The van der Waals surface area contributed by atoms with Gasteiger partial charge in [-0.2, -0.15) is 5.26 Å². The largest absolute Gasteiger partial charge is 0.313 e. The molecule has 0 radical (unpaired) electrons. The Morgan fingerprint density at radius 3 is 2.65 bits per heavy atom. The summed E-state index contributed by atoms with van der Waals surface area (Å²) in [6.45, 7) is 4.75. The molecular weight excluding hydrogens is 236 g/mol. The third-order valence-electron chi connectivity index (χ3n) is 3.20. The molecule has 4 nitrogen and oxygen atoms in total. The third kappa shape index (κ3) is 5.51. The maximum atomic E-state index is 11.2. The Bertz CT molecular complexity index is 382. The number of rotatable bonds is 6. The second-order valence-corrected chi connectivity index (χ2v) is 7.74. The first-order valence-corrected chi connectivity index (χ1v) is 8.02. The summed E-state index contributed by atoms with van der Waals surface area (Å²) in [6, 6.07) is 2.43. The number of unbranched alkanes of at least 4 members (excludes halogenated alkanes) is 1. The molecule has 1 fully saturated rings. The van der Waals surface area contributed by atoms with E-state index in [4.69, 9.17) is 5.26 Å². The molecule has 0 aliphatic carbocycles. The summed E-state index contributed by atoms with van der Waals surface area (Å²) in [5, 5.41) is 12.1. The molecule has 1 unspecified atom stereocenters. The molecule has 5 heteroatoms. The van der Waals surface area contributed by atoms with Crippen molar-refractivity contribution in [1.29, 1.82) is 5.26 Å². The van der Waals surface area contributed by atoms with Gasteiger partial charge in [0, 0.05) is 6.04 Å². The van der Waals surface area contributed by atoms with Gasteiger partial charge in [0.05, 0.1) is 23.0 Å². The van der Waals surface area contributed by atoms with E-state index in [1.54, 1.807) is 0 Å². The van der Waals surface area contributed by atoms with Crippen LogP contribution in [0.15, 0.2) is 0 Å². The fourth-order valence-corrected chi connectivity index (χ4v) is 3.72. The zero-order valence-corrected chi connectivity index (χ0v) is 11.5. The Kier molecular flexibility index (Phi) is 4.96.